The standard InChI is InChI=1S/C36H29ClN2O6S/c1-3-43-29-17-22(9-14-28(29)44-19-21-7-5-4-6-8-21)32-31(33(40)23-10-13-27-24(16-23)15-20(2)45-27)34(41)35(42)39(32)36-38-26-12-11-25(37)18-30(26)46-36/h4-14,16-18,20,32,40H,3,15,19H2,1-2H3/b33-31-. The summed E-state index contributed by atoms with van der Waals surface area (Å²) in [7, 11) is 0. The number of hydrogen-bond acceptors (Lipinski definition) is 8. The average Bonchev–Trinajstić information content (AvgIpc) is 3.72. The van der Waals surface area contributed by atoms with E-state index in [2.05, 4.69) is 0 Å². The summed E-state index contributed by atoms with van der Waals surface area (Å²) < 4.78 is 18.7. The molecule has 3 heterocycles. The van der Waals surface area contributed by atoms with Crippen molar-refractivity contribution >= 4 is 55.7 Å². The lowest BCUT2D eigenvalue weighted by atomic mass is 9.94. The summed E-state index contributed by atoms with van der Waals surface area (Å²) in [5.41, 5.74) is 3.47. The summed E-state index contributed by atoms with van der Waals surface area (Å²) in [6.45, 7) is 4.52. The number of nitrogens with zero attached hydrogens (tertiary/aromatic N) is 2. The highest BCUT2D eigenvalue weighted by Gasteiger charge is 2.48. The molecule has 10 heteroatoms. The number of ketones is 1. The molecule has 0 bridgehead atoms. The Morgan fingerprint density at radius 2 is 1.85 bits per heavy atom. The van der Waals surface area contributed by atoms with Crippen molar-refractivity contribution in [2.24, 2.45) is 0 Å². The Bertz CT molecular complexity index is 2020. The highest BCUT2D eigenvalue weighted by molar-refractivity contribution is 7.22. The number of fused-ring (bicyclic) bond motifs is 2. The smallest absolute Gasteiger partial charge is 0.301 e. The molecule has 1 aromatic heterocycles. The second-order valence-electron chi connectivity index (χ2n) is 11.1. The van der Waals surface area contributed by atoms with E-state index in [0.29, 0.717) is 57.9 Å². The summed E-state index contributed by atoms with van der Waals surface area (Å²) >= 11 is 7.48. The molecule has 7 rings (SSSR count). The minimum absolute atomic E-state index is 0.00475. The van der Waals surface area contributed by atoms with Crippen molar-refractivity contribution in [2.45, 2.75) is 39.0 Å². The number of ether oxygens (including phenoxy) is 3. The van der Waals surface area contributed by atoms with E-state index in [0.717, 1.165) is 21.6 Å². The molecule has 1 N–H and O–H groups in total. The van der Waals surface area contributed by atoms with Gasteiger partial charge in [0.15, 0.2) is 16.6 Å². The monoisotopic (exact) mass is 652 g/mol. The molecule has 0 aliphatic carbocycles. The fourth-order valence-corrected chi connectivity index (χ4v) is 7.15. The van der Waals surface area contributed by atoms with Gasteiger partial charge >= 0.3 is 5.91 Å². The first kappa shape index (κ1) is 29.8. The first-order valence-corrected chi connectivity index (χ1v) is 16.1. The highest BCUT2D eigenvalue weighted by atomic mass is 35.5. The Hall–Kier alpha value is -4.86. The van der Waals surface area contributed by atoms with Crippen molar-refractivity contribution < 1.29 is 28.9 Å². The summed E-state index contributed by atoms with van der Waals surface area (Å²) in [4.78, 5) is 33.7. The van der Waals surface area contributed by atoms with E-state index in [4.69, 9.17) is 30.8 Å². The van der Waals surface area contributed by atoms with Crippen LogP contribution in [0.25, 0.3) is 16.0 Å². The molecule has 46 heavy (non-hydrogen) atoms. The molecule has 8 nitrogen and oxygen atoms in total. The van der Waals surface area contributed by atoms with Crippen LogP contribution >= 0.6 is 22.9 Å². The van der Waals surface area contributed by atoms with Gasteiger partial charge in [0.25, 0.3) is 5.78 Å². The van der Waals surface area contributed by atoms with Crippen LogP contribution in [0, 0.1) is 0 Å². The minimum Gasteiger partial charge on any atom is -0.507 e. The Labute approximate surface area is 274 Å². The Balaban J connectivity index is 1.36. The van der Waals surface area contributed by atoms with Gasteiger partial charge in [-0.25, -0.2) is 4.98 Å². The van der Waals surface area contributed by atoms with Crippen LogP contribution in [0.4, 0.5) is 5.13 Å². The number of benzene rings is 4. The van der Waals surface area contributed by atoms with Crippen molar-refractivity contribution in [1.82, 2.24) is 4.98 Å². The van der Waals surface area contributed by atoms with Crippen molar-refractivity contribution in [3.05, 3.63) is 118 Å². The number of carbonyl (C=O) groups is 2. The van der Waals surface area contributed by atoms with Gasteiger partial charge in [-0.2, -0.15) is 0 Å². The average molecular weight is 653 g/mol. The van der Waals surface area contributed by atoms with Crippen LogP contribution in [0.5, 0.6) is 17.2 Å². The molecule has 2 unspecified atom stereocenters. The number of aliphatic hydroxyl groups is 1. The summed E-state index contributed by atoms with van der Waals surface area (Å²) in [5, 5.41) is 12.6. The van der Waals surface area contributed by atoms with Crippen LogP contribution in [0.1, 0.15) is 42.1 Å². The Morgan fingerprint density at radius 1 is 1.02 bits per heavy atom. The second kappa shape index (κ2) is 12.2. The molecule has 0 radical (unpaired) electrons. The molecule has 1 amide bonds. The molecule has 5 aromatic rings. The molecular weight excluding hydrogens is 624 g/mol. The number of aromatic nitrogens is 1. The van der Waals surface area contributed by atoms with Crippen molar-refractivity contribution in [3.63, 3.8) is 0 Å². The van der Waals surface area contributed by atoms with Crippen LogP contribution in [0.2, 0.25) is 5.02 Å². The number of halogens is 1. The molecule has 2 aliphatic heterocycles. The van der Waals surface area contributed by atoms with Gasteiger partial charge in [-0.1, -0.05) is 59.3 Å². The minimum atomic E-state index is -0.998. The highest BCUT2D eigenvalue weighted by Crippen LogP contribution is 2.46. The summed E-state index contributed by atoms with van der Waals surface area (Å²) in [6, 6.07) is 24.6. The first-order chi connectivity index (χ1) is 22.3. The third kappa shape index (κ3) is 5.46. The van der Waals surface area contributed by atoms with Gasteiger partial charge in [0.2, 0.25) is 0 Å². The summed E-state index contributed by atoms with van der Waals surface area (Å²) in [6.07, 6.45) is 0.676. The topological polar surface area (TPSA) is 98.2 Å². The van der Waals surface area contributed by atoms with Crippen molar-refractivity contribution in [2.75, 3.05) is 11.5 Å². The number of carbonyl (C=O) groups excluding carboxylic acids is 2. The third-order valence-electron chi connectivity index (χ3n) is 7.98. The third-order valence-corrected chi connectivity index (χ3v) is 9.23. The molecule has 2 aliphatic rings. The first-order valence-electron chi connectivity index (χ1n) is 14.9. The molecule has 232 valence electrons. The predicted molar refractivity (Wildman–Crippen MR) is 178 cm³/mol. The second-order valence-corrected chi connectivity index (χ2v) is 12.6. The fourth-order valence-electron chi connectivity index (χ4n) is 5.88. The predicted octanol–water partition coefficient (Wildman–Crippen LogP) is 7.88. The van der Waals surface area contributed by atoms with E-state index in [-0.39, 0.29) is 17.4 Å². The maximum atomic E-state index is 13.8. The quantitative estimate of drug-likeness (QED) is 0.103. The maximum absolute atomic E-state index is 13.8. The number of hydrogen-bond donors (Lipinski definition) is 1. The molecule has 1 fully saturated rings. The van der Waals surface area contributed by atoms with E-state index in [9.17, 15) is 14.7 Å². The van der Waals surface area contributed by atoms with Crippen molar-refractivity contribution in [1.29, 1.82) is 0 Å². The molecule has 0 saturated carbocycles. The maximum Gasteiger partial charge on any atom is 0.301 e. The fraction of sp³-hybridized carbons (Fsp3) is 0.194. The van der Waals surface area contributed by atoms with Gasteiger partial charge in [-0.05, 0) is 79.1 Å². The zero-order chi connectivity index (χ0) is 31.9. The number of thiazole rings is 1. The van der Waals surface area contributed by atoms with Crippen LogP contribution in [0.3, 0.4) is 0 Å². The van der Waals surface area contributed by atoms with E-state index in [1.54, 1.807) is 48.5 Å². The van der Waals surface area contributed by atoms with Gasteiger partial charge in [0.05, 0.1) is 28.4 Å². The number of rotatable bonds is 8. The number of anilines is 1. The van der Waals surface area contributed by atoms with Gasteiger partial charge in [-0.3, -0.25) is 14.5 Å². The number of amides is 1. The lowest BCUT2D eigenvalue weighted by molar-refractivity contribution is -0.132. The lowest BCUT2D eigenvalue weighted by Gasteiger charge is -2.24. The van der Waals surface area contributed by atoms with Crippen LogP contribution in [-0.4, -0.2) is 34.5 Å². The lowest BCUT2D eigenvalue weighted by Crippen LogP contribution is -2.29. The SMILES string of the molecule is CCOc1cc(C2/C(=C(/O)c3ccc4c(c3)CC(C)O4)C(=O)C(=O)N2c2nc3ccc(Cl)cc3s2)ccc1OCc1ccccc1. The number of Topliss-reactive ketones (excluding diaryl/α,β-unsaturated/α-hetero) is 1. The van der Waals surface area contributed by atoms with Crippen molar-refractivity contribution in [3.8, 4) is 17.2 Å². The zero-order valence-electron chi connectivity index (χ0n) is 25.0. The Kier molecular flexibility index (Phi) is 7.88. The van der Waals surface area contributed by atoms with E-state index < -0.39 is 17.7 Å². The van der Waals surface area contributed by atoms with E-state index in [1.807, 2.05) is 50.2 Å². The van der Waals surface area contributed by atoms with Crippen LogP contribution < -0.4 is 19.1 Å². The summed E-state index contributed by atoms with van der Waals surface area (Å²) in [5.74, 6) is -0.194. The number of aliphatic hydroxyl groups excluding tert-OH is 1. The van der Waals surface area contributed by atoms with E-state index >= 15 is 0 Å². The van der Waals surface area contributed by atoms with Crippen LogP contribution in [0.15, 0.2) is 90.5 Å². The zero-order valence-corrected chi connectivity index (χ0v) is 26.6. The van der Waals surface area contributed by atoms with E-state index in [1.165, 1.54) is 16.2 Å². The molecule has 4 aromatic carbocycles. The molecule has 0 spiro atoms. The Morgan fingerprint density at radius 3 is 2.65 bits per heavy atom. The van der Waals surface area contributed by atoms with Gasteiger partial charge in [0, 0.05) is 17.0 Å². The van der Waals surface area contributed by atoms with Gasteiger partial charge < -0.3 is 19.3 Å². The largest absolute Gasteiger partial charge is 0.507 e. The molecular formula is C36H29ClN2O6S. The normalized spacial score (nSPS) is 18.5. The molecule has 2 atom stereocenters. The van der Waals surface area contributed by atoms with Gasteiger partial charge in [0.1, 0.15) is 24.2 Å². The van der Waals surface area contributed by atoms with Gasteiger partial charge in [-0.15, -0.1) is 0 Å². The van der Waals surface area contributed by atoms with Crippen LogP contribution in [-0.2, 0) is 22.6 Å². The molecule has 1 saturated heterocycles.